The number of likely N-dealkylation sites (N-methyl/N-ethyl adjacent to an activating group) is 1. The monoisotopic (exact) mass is 370 g/mol. The fourth-order valence-electron chi connectivity index (χ4n) is 2.02. The standard InChI is InChI=1S/C15H19BrN2O4/c1-15(2,3)22-14(20)17-10-8-21-12-6-5-9(16)7-11(12)18(4)13(10)19/h5-7,10H,8H2,1-4H3,(H,17,20). The van der Waals surface area contributed by atoms with E-state index in [0.717, 1.165) is 4.47 Å². The molecule has 1 aliphatic rings. The normalized spacial score (nSPS) is 18.1. The number of halogens is 1. The molecule has 120 valence electrons. The Bertz CT molecular complexity index is 598. The van der Waals surface area contributed by atoms with Gasteiger partial charge in [-0.1, -0.05) is 15.9 Å². The summed E-state index contributed by atoms with van der Waals surface area (Å²) in [5.74, 6) is 0.329. The van der Waals surface area contributed by atoms with Gasteiger partial charge in [-0.25, -0.2) is 4.79 Å². The molecule has 0 radical (unpaired) electrons. The highest BCUT2D eigenvalue weighted by Gasteiger charge is 2.31. The maximum Gasteiger partial charge on any atom is 0.408 e. The molecule has 2 rings (SSSR count). The number of alkyl carbamates (subject to hydrolysis) is 1. The van der Waals surface area contributed by atoms with Crippen LogP contribution in [0.5, 0.6) is 5.75 Å². The van der Waals surface area contributed by atoms with Crippen molar-refractivity contribution in [3.05, 3.63) is 22.7 Å². The number of ether oxygens (including phenoxy) is 2. The van der Waals surface area contributed by atoms with E-state index in [1.807, 2.05) is 6.07 Å². The van der Waals surface area contributed by atoms with Crippen molar-refractivity contribution in [1.29, 1.82) is 0 Å². The number of nitrogens with one attached hydrogen (secondary N) is 1. The maximum absolute atomic E-state index is 12.5. The second-order valence-electron chi connectivity index (χ2n) is 6.02. The molecule has 0 aliphatic carbocycles. The largest absolute Gasteiger partial charge is 0.489 e. The number of nitrogens with zero attached hydrogens (tertiary/aromatic N) is 1. The van der Waals surface area contributed by atoms with Crippen LogP contribution < -0.4 is 15.0 Å². The third kappa shape index (κ3) is 3.91. The van der Waals surface area contributed by atoms with Gasteiger partial charge in [-0.05, 0) is 39.0 Å². The topological polar surface area (TPSA) is 67.9 Å². The van der Waals surface area contributed by atoms with Crippen LogP contribution in [0.1, 0.15) is 20.8 Å². The summed E-state index contributed by atoms with van der Waals surface area (Å²) in [4.78, 5) is 25.8. The molecule has 0 bridgehead atoms. The number of amides is 2. The van der Waals surface area contributed by atoms with Crippen LogP contribution in [0.15, 0.2) is 22.7 Å². The first-order valence-corrected chi connectivity index (χ1v) is 7.66. The van der Waals surface area contributed by atoms with E-state index < -0.39 is 17.7 Å². The summed E-state index contributed by atoms with van der Waals surface area (Å²) in [6, 6.07) is 4.60. The smallest absolute Gasteiger partial charge is 0.408 e. The van der Waals surface area contributed by atoms with Crippen molar-refractivity contribution in [2.75, 3.05) is 18.6 Å². The van der Waals surface area contributed by atoms with E-state index in [9.17, 15) is 9.59 Å². The average molecular weight is 371 g/mol. The Kier molecular flexibility index (Phi) is 4.65. The predicted octanol–water partition coefficient (Wildman–Crippen LogP) is 2.70. The number of fused-ring (bicyclic) bond motifs is 1. The summed E-state index contributed by atoms with van der Waals surface area (Å²) in [5, 5.41) is 2.56. The third-order valence-corrected chi connectivity index (χ3v) is 3.50. The molecule has 22 heavy (non-hydrogen) atoms. The zero-order valence-corrected chi connectivity index (χ0v) is 14.6. The molecule has 1 aliphatic heterocycles. The van der Waals surface area contributed by atoms with Gasteiger partial charge in [0.05, 0.1) is 5.69 Å². The van der Waals surface area contributed by atoms with Gasteiger partial charge in [0.2, 0.25) is 0 Å². The van der Waals surface area contributed by atoms with E-state index in [0.29, 0.717) is 11.4 Å². The molecule has 1 atom stereocenters. The number of carbonyl (C=O) groups excluding carboxylic acids is 2. The molecule has 6 nitrogen and oxygen atoms in total. The van der Waals surface area contributed by atoms with E-state index in [1.54, 1.807) is 40.0 Å². The van der Waals surface area contributed by atoms with Crippen molar-refractivity contribution >= 4 is 33.6 Å². The maximum atomic E-state index is 12.5. The Morgan fingerprint density at radius 3 is 2.77 bits per heavy atom. The number of anilines is 1. The summed E-state index contributed by atoms with van der Waals surface area (Å²) in [7, 11) is 1.64. The van der Waals surface area contributed by atoms with Gasteiger partial charge in [-0.2, -0.15) is 0 Å². The number of benzene rings is 1. The van der Waals surface area contributed by atoms with Crippen LogP contribution in [-0.2, 0) is 9.53 Å². The van der Waals surface area contributed by atoms with E-state index in [-0.39, 0.29) is 12.5 Å². The lowest BCUT2D eigenvalue weighted by atomic mass is 10.2. The van der Waals surface area contributed by atoms with Crippen molar-refractivity contribution in [1.82, 2.24) is 5.32 Å². The van der Waals surface area contributed by atoms with Crippen LogP contribution in [-0.4, -0.2) is 37.3 Å². The average Bonchev–Trinajstić information content (AvgIpc) is 2.50. The third-order valence-electron chi connectivity index (χ3n) is 3.01. The first-order valence-electron chi connectivity index (χ1n) is 6.87. The van der Waals surface area contributed by atoms with E-state index in [4.69, 9.17) is 9.47 Å². The van der Waals surface area contributed by atoms with Crippen LogP contribution in [0.25, 0.3) is 0 Å². The first-order chi connectivity index (χ1) is 10.2. The Morgan fingerprint density at radius 1 is 1.45 bits per heavy atom. The second-order valence-corrected chi connectivity index (χ2v) is 6.93. The molecule has 1 N–H and O–H groups in total. The minimum atomic E-state index is -0.800. The SMILES string of the molecule is CN1C(=O)C(NC(=O)OC(C)(C)C)COc2ccc(Br)cc21. The molecule has 7 heteroatoms. The van der Waals surface area contributed by atoms with Crippen LogP contribution in [0.2, 0.25) is 0 Å². The number of hydrogen-bond acceptors (Lipinski definition) is 4. The van der Waals surface area contributed by atoms with Gasteiger partial charge >= 0.3 is 6.09 Å². The van der Waals surface area contributed by atoms with Crippen LogP contribution in [0.4, 0.5) is 10.5 Å². The summed E-state index contributed by atoms with van der Waals surface area (Å²) >= 11 is 3.37. The molecule has 1 aromatic rings. The van der Waals surface area contributed by atoms with Gasteiger partial charge in [0.1, 0.15) is 24.0 Å². The summed E-state index contributed by atoms with van der Waals surface area (Å²) in [6.45, 7) is 5.34. The van der Waals surface area contributed by atoms with Gasteiger partial charge in [-0.15, -0.1) is 0 Å². The highest BCUT2D eigenvalue weighted by Crippen LogP contribution is 2.33. The zero-order chi connectivity index (χ0) is 16.5. The fraction of sp³-hybridized carbons (Fsp3) is 0.467. The van der Waals surface area contributed by atoms with E-state index >= 15 is 0 Å². The van der Waals surface area contributed by atoms with Crippen LogP contribution >= 0.6 is 15.9 Å². The quantitative estimate of drug-likeness (QED) is 0.824. The molecule has 1 heterocycles. The van der Waals surface area contributed by atoms with Crippen molar-refractivity contribution in [3.8, 4) is 5.75 Å². The summed E-state index contributed by atoms with van der Waals surface area (Å²) in [6.07, 6.45) is -0.644. The van der Waals surface area contributed by atoms with Gasteiger partial charge in [0.15, 0.2) is 0 Å². The lowest BCUT2D eigenvalue weighted by Gasteiger charge is -2.23. The molecule has 1 unspecified atom stereocenters. The van der Waals surface area contributed by atoms with E-state index in [2.05, 4.69) is 21.2 Å². The predicted molar refractivity (Wildman–Crippen MR) is 86.2 cm³/mol. The first kappa shape index (κ1) is 16.6. The van der Waals surface area contributed by atoms with Gasteiger partial charge in [0.25, 0.3) is 5.91 Å². The van der Waals surface area contributed by atoms with Crippen LogP contribution in [0.3, 0.4) is 0 Å². The number of carbonyl (C=O) groups is 2. The molecule has 0 aromatic heterocycles. The van der Waals surface area contributed by atoms with E-state index in [1.165, 1.54) is 4.90 Å². The molecule has 2 amide bonds. The Morgan fingerprint density at radius 2 is 2.14 bits per heavy atom. The molecule has 1 aromatic carbocycles. The molecule has 0 saturated heterocycles. The molecular formula is C15H19BrN2O4. The number of rotatable bonds is 1. The Hall–Kier alpha value is -1.76. The lowest BCUT2D eigenvalue weighted by Crippen LogP contribution is -2.50. The fourth-order valence-corrected chi connectivity index (χ4v) is 2.37. The molecule has 0 saturated carbocycles. The van der Waals surface area contributed by atoms with Crippen LogP contribution in [0, 0.1) is 0 Å². The molecule has 0 spiro atoms. The van der Waals surface area contributed by atoms with Crippen molar-refractivity contribution in [2.45, 2.75) is 32.4 Å². The minimum absolute atomic E-state index is 0.0526. The van der Waals surface area contributed by atoms with Gasteiger partial charge in [-0.3, -0.25) is 4.79 Å². The van der Waals surface area contributed by atoms with Crippen molar-refractivity contribution in [2.24, 2.45) is 0 Å². The molecular weight excluding hydrogens is 352 g/mol. The van der Waals surface area contributed by atoms with Gasteiger partial charge in [0, 0.05) is 11.5 Å². The van der Waals surface area contributed by atoms with Crippen molar-refractivity contribution in [3.63, 3.8) is 0 Å². The number of hydrogen-bond donors (Lipinski definition) is 1. The summed E-state index contributed by atoms with van der Waals surface area (Å²) < 4.78 is 11.7. The highest BCUT2D eigenvalue weighted by molar-refractivity contribution is 9.10. The Balaban J connectivity index is 2.15. The van der Waals surface area contributed by atoms with Crippen molar-refractivity contribution < 1.29 is 19.1 Å². The Labute approximate surface area is 137 Å². The molecule has 0 fully saturated rings. The second kappa shape index (κ2) is 6.16. The zero-order valence-electron chi connectivity index (χ0n) is 13.0. The minimum Gasteiger partial charge on any atom is -0.489 e. The van der Waals surface area contributed by atoms with Gasteiger partial charge < -0.3 is 19.7 Å². The lowest BCUT2D eigenvalue weighted by molar-refractivity contribution is -0.120. The highest BCUT2D eigenvalue weighted by atomic mass is 79.9. The summed E-state index contributed by atoms with van der Waals surface area (Å²) in [5.41, 5.74) is 0.0196.